The number of rotatable bonds is 11. The molecule has 1 heterocycles. The fraction of sp³-hybridized carbons (Fsp3) is 0.583. The summed E-state index contributed by atoms with van der Waals surface area (Å²) in [6.45, 7) is 0.608. The number of aliphatic hydroxyl groups is 1. The van der Waals surface area contributed by atoms with Gasteiger partial charge in [0.15, 0.2) is 0 Å². The number of methoxy groups -OCH3 is 1. The van der Waals surface area contributed by atoms with Crippen LogP contribution in [-0.4, -0.2) is 47.7 Å². The van der Waals surface area contributed by atoms with Crippen molar-refractivity contribution in [1.29, 1.82) is 0 Å². The first-order valence-corrected chi connectivity index (χ1v) is 10.8. The molecule has 0 bridgehead atoms. The minimum absolute atomic E-state index is 0.185. The third-order valence-corrected chi connectivity index (χ3v) is 5.53. The first kappa shape index (κ1) is 23.1. The molecule has 1 aromatic carbocycles. The Morgan fingerprint density at radius 1 is 1.28 bits per heavy atom. The largest absolute Gasteiger partial charge is 0.469 e. The fourth-order valence-electron chi connectivity index (χ4n) is 3.86. The number of unbranched alkanes of at least 4 members (excludes halogenated alkanes) is 1. The van der Waals surface area contributed by atoms with Gasteiger partial charge in [-0.05, 0) is 50.5 Å². The first-order valence-electron chi connectivity index (χ1n) is 10.8. The van der Waals surface area contributed by atoms with E-state index in [9.17, 15) is 14.7 Å². The number of ether oxygens (including phenoxy) is 1. The molecule has 0 radical (unpaired) electrons. The van der Waals surface area contributed by atoms with E-state index in [1.807, 2.05) is 47.4 Å². The molecule has 0 aromatic heterocycles. The number of hydrogen-bond acceptors (Lipinski definition) is 4. The molecule has 2 unspecified atom stereocenters. The maximum Gasteiger partial charge on any atom is 0.305 e. The van der Waals surface area contributed by atoms with Gasteiger partial charge in [0.25, 0.3) is 0 Å². The van der Waals surface area contributed by atoms with Crippen molar-refractivity contribution in [3.05, 3.63) is 48.0 Å². The highest BCUT2D eigenvalue weighted by molar-refractivity contribution is 5.77. The number of allylic oxidation sites excluding steroid dienone is 1. The second-order valence-corrected chi connectivity index (χ2v) is 7.81. The second-order valence-electron chi connectivity index (χ2n) is 7.81. The summed E-state index contributed by atoms with van der Waals surface area (Å²) >= 11 is 0. The minimum Gasteiger partial charge on any atom is -0.469 e. The van der Waals surface area contributed by atoms with Crippen LogP contribution in [0.2, 0.25) is 0 Å². The van der Waals surface area contributed by atoms with Crippen LogP contribution < -0.4 is 0 Å². The molecule has 2 atom stereocenters. The van der Waals surface area contributed by atoms with Crippen molar-refractivity contribution in [3.63, 3.8) is 0 Å². The highest BCUT2D eigenvalue weighted by atomic mass is 16.5. The summed E-state index contributed by atoms with van der Waals surface area (Å²) in [6, 6.07) is 10.2. The van der Waals surface area contributed by atoms with Gasteiger partial charge in [-0.2, -0.15) is 0 Å². The summed E-state index contributed by atoms with van der Waals surface area (Å²) < 4.78 is 4.64. The number of aliphatic hydroxyl groups excluding tert-OH is 1. The third kappa shape index (κ3) is 8.82. The summed E-state index contributed by atoms with van der Waals surface area (Å²) in [5, 5.41) is 10.4. The summed E-state index contributed by atoms with van der Waals surface area (Å²) in [5.41, 5.74) is 1.14. The van der Waals surface area contributed by atoms with Crippen LogP contribution in [0.25, 0.3) is 0 Å². The molecule has 0 aliphatic carbocycles. The Balaban J connectivity index is 1.81. The Labute approximate surface area is 174 Å². The average Bonchev–Trinajstić information content (AvgIpc) is 2.90. The topological polar surface area (TPSA) is 66.8 Å². The zero-order valence-corrected chi connectivity index (χ0v) is 17.6. The van der Waals surface area contributed by atoms with Gasteiger partial charge >= 0.3 is 5.97 Å². The van der Waals surface area contributed by atoms with Crippen molar-refractivity contribution in [3.8, 4) is 0 Å². The number of hydrogen-bond donors (Lipinski definition) is 1. The summed E-state index contributed by atoms with van der Waals surface area (Å²) in [4.78, 5) is 25.7. The third-order valence-electron chi connectivity index (χ3n) is 5.53. The zero-order valence-electron chi connectivity index (χ0n) is 17.6. The predicted octanol–water partition coefficient (Wildman–Crippen LogP) is 4.04. The average molecular weight is 402 g/mol. The molecular weight excluding hydrogens is 366 g/mol. The number of likely N-dealkylation sites (tertiary alicyclic amines) is 1. The lowest BCUT2D eigenvalue weighted by atomic mass is 9.98. The van der Waals surface area contributed by atoms with Gasteiger partial charge in [-0.1, -0.05) is 48.9 Å². The van der Waals surface area contributed by atoms with Crippen LogP contribution in [0.5, 0.6) is 0 Å². The SMILES string of the molecule is COC(=O)CCC/C=C\CN1C(=O)CCCCC1CCC(O)Cc1ccccc1. The van der Waals surface area contributed by atoms with Crippen molar-refractivity contribution in [2.24, 2.45) is 0 Å². The molecule has 1 N–H and O–H groups in total. The van der Waals surface area contributed by atoms with Crippen LogP contribution in [0.4, 0.5) is 0 Å². The fourth-order valence-corrected chi connectivity index (χ4v) is 3.86. The normalized spacial score (nSPS) is 18.6. The summed E-state index contributed by atoms with van der Waals surface area (Å²) in [6.07, 6.45) is 11.5. The van der Waals surface area contributed by atoms with E-state index in [-0.39, 0.29) is 24.0 Å². The van der Waals surface area contributed by atoms with Gasteiger partial charge in [-0.3, -0.25) is 9.59 Å². The van der Waals surface area contributed by atoms with Crippen LogP contribution in [0.1, 0.15) is 63.4 Å². The van der Waals surface area contributed by atoms with E-state index in [2.05, 4.69) is 4.74 Å². The van der Waals surface area contributed by atoms with E-state index < -0.39 is 0 Å². The van der Waals surface area contributed by atoms with Crippen molar-refractivity contribution in [2.75, 3.05) is 13.7 Å². The molecule has 1 fully saturated rings. The number of carbonyl (C=O) groups excluding carboxylic acids is 2. The Morgan fingerprint density at radius 2 is 2.07 bits per heavy atom. The van der Waals surface area contributed by atoms with Gasteiger partial charge in [0.2, 0.25) is 5.91 Å². The molecule has 1 saturated heterocycles. The van der Waals surface area contributed by atoms with E-state index in [1.54, 1.807) is 0 Å². The second kappa shape index (κ2) is 13.2. The number of benzene rings is 1. The van der Waals surface area contributed by atoms with Gasteiger partial charge < -0.3 is 14.7 Å². The Bertz CT molecular complexity index is 644. The lowest BCUT2D eigenvalue weighted by molar-refractivity contribution is -0.140. The summed E-state index contributed by atoms with van der Waals surface area (Å²) in [7, 11) is 1.40. The van der Waals surface area contributed by atoms with Gasteiger partial charge in [0, 0.05) is 25.4 Å². The molecule has 1 aliphatic rings. The van der Waals surface area contributed by atoms with Gasteiger partial charge in [-0.15, -0.1) is 0 Å². The molecule has 1 aliphatic heterocycles. The molecule has 5 nitrogen and oxygen atoms in total. The van der Waals surface area contributed by atoms with Crippen molar-refractivity contribution < 1.29 is 19.4 Å². The molecule has 1 aromatic rings. The van der Waals surface area contributed by atoms with Crippen molar-refractivity contribution in [1.82, 2.24) is 4.90 Å². The van der Waals surface area contributed by atoms with Crippen LogP contribution in [0.15, 0.2) is 42.5 Å². The maximum atomic E-state index is 12.6. The molecule has 2 rings (SSSR count). The quantitative estimate of drug-likeness (QED) is 0.345. The number of nitrogens with zero attached hydrogens (tertiary/aromatic N) is 1. The number of esters is 1. The van der Waals surface area contributed by atoms with Crippen molar-refractivity contribution in [2.45, 2.75) is 76.4 Å². The molecule has 0 saturated carbocycles. The van der Waals surface area contributed by atoms with Crippen molar-refractivity contribution >= 4 is 11.9 Å². The number of amides is 1. The highest BCUT2D eigenvalue weighted by Crippen LogP contribution is 2.22. The van der Waals surface area contributed by atoms with Gasteiger partial charge in [0.05, 0.1) is 13.2 Å². The first-order chi connectivity index (χ1) is 14.1. The van der Waals surface area contributed by atoms with E-state index >= 15 is 0 Å². The summed E-state index contributed by atoms with van der Waals surface area (Å²) in [5.74, 6) is 0.0273. The maximum absolute atomic E-state index is 12.6. The Kier molecular flexibility index (Phi) is 10.5. The van der Waals surface area contributed by atoms with E-state index in [1.165, 1.54) is 7.11 Å². The van der Waals surface area contributed by atoms with Crippen LogP contribution >= 0.6 is 0 Å². The monoisotopic (exact) mass is 401 g/mol. The van der Waals surface area contributed by atoms with E-state index in [4.69, 9.17) is 0 Å². The van der Waals surface area contributed by atoms with E-state index in [0.29, 0.717) is 32.2 Å². The Morgan fingerprint density at radius 3 is 2.83 bits per heavy atom. The van der Waals surface area contributed by atoms with E-state index in [0.717, 1.165) is 44.1 Å². The molecule has 1 amide bonds. The molecular formula is C24H35NO4. The van der Waals surface area contributed by atoms with Crippen LogP contribution in [-0.2, 0) is 20.7 Å². The van der Waals surface area contributed by atoms with Gasteiger partial charge in [0.1, 0.15) is 0 Å². The van der Waals surface area contributed by atoms with Gasteiger partial charge in [-0.25, -0.2) is 0 Å². The smallest absolute Gasteiger partial charge is 0.305 e. The molecule has 160 valence electrons. The zero-order chi connectivity index (χ0) is 20.9. The minimum atomic E-state index is -0.383. The van der Waals surface area contributed by atoms with Crippen LogP contribution in [0.3, 0.4) is 0 Å². The molecule has 5 heteroatoms. The number of carbonyl (C=O) groups is 2. The highest BCUT2D eigenvalue weighted by Gasteiger charge is 2.25. The molecule has 29 heavy (non-hydrogen) atoms. The standard InChI is InChI=1S/C24H35NO4/c1-29-24(28)15-7-2-3-10-18-25-21(13-8-9-14-23(25)27)16-17-22(26)19-20-11-5-4-6-12-20/h3-6,10-12,21-22,26H,2,7-9,13-19H2,1H3/b10-3-. The Hall–Kier alpha value is -2.14. The molecule has 0 spiro atoms. The lowest BCUT2D eigenvalue weighted by Crippen LogP contribution is -2.39. The predicted molar refractivity (Wildman–Crippen MR) is 114 cm³/mol. The van der Waals surface area contributed by atoms with Crippen LogP contribution in [0, 0.1) is 0 Å². The lowest BCUT2D eigenvalue weighted by Gasteiger charge is -2.30.